The van der Waals surface area contributed by atoms with Gasteiger partial charge in [-0.1, -0.05) is 28.5 Å². The summed E-state index contributed by atoms with van der Waals surface area (Å²) in [4.78, 5) is 47.3. The Morgan fingerprint density at radius 1 is 1.44 bits per heavy atom. The van der Waals surface area contributed by atoms with Crippen LogP contribution in [0.15, 0.2) is 39.0 Å². The smallest absolute Gasteiger partial charge is 0.353 e. The van der Waals surface area contributed by atoms with E-state index in [9.17, 15) is 24.7 Å². The Bertz CT molecular complexity index is 1180. The minimum atomic E-state index is -1.25. The molecule has 0 aliphatic carbocycles. The van der Waals surface area contributed by atoms with Gasteiger partial charge in [-0.05, 0) is 25.0 Å². The number of aliphatic carboxylic acids is 1. The van der Waals surface area contributed by atoms with Crippen molar-refractivity contribution in [1.82, 2.24) is 24.6 Å². The van der Waals surface area contributed by atoms with E-state index in [1.54, 1.807) is 12.1 Å². The lowest BCUT2D eigenvalue weighted by molar-refractivity contribution is -0.155. The lowest BCUT2D eigenvalue weighted by Crippen LogP contribution is -2.72. The van der Waals surface area contributed by atoms with Crippen molar-refractivity contribution in [3.05, 3.63) is 39.9 Å². The predicted octanol–water partition coefficient (Wildman–Crippen LogP) is 0.925. The Morgan fingerprint density at radius 3 is 2.84 bits per heavy atom. The molecule has 2 aromatic heterocycles. The third kappa shape index (κ3) is 3.99. The second kappa shape index (κ2) is 8.72. The van der Waals surface area contributed by atoms with Crippen molar-refractivity contribution in [2.75, 3.05) is 5.73 Å². The molecule has 2 amide bonds. The zero-order valence-corrected chi connectivity index (χ0v) is 18.3. The van der Waals surface area contributed by atoms with Crippen molar-refractivity contribution in [2.45, 2.75) is 29.8 Å². The van der Waals surface area contributed by atoms with Gasteiger partial charge in [-0.3, -0.25) is 14.5 Å². The maximum absolute atomic E-state index is 12.8. The zero-order valence-electron chi connectivity index (χ0n) is 15.9. The van der Waals surface area contributed by atoms with Crippen LogP contribution < -0.4 is 11.1 Å². The second-order valence-electron chi connectivity index (χ2n) is 6.66. The zero-order chi connectivity index (χ0) is 23.0. The highest BCUT2D eigenvalue weighted by Crippen LogP contribution is 2.43. The van der Waals surface area contributed by atoms with Crippen molar-refractivity contribution in [2.24, 2.45) is 5.16 Å². The minimum Gasteiger partial charge on any atom is -0.477 e. The van der Waals surface area contributed by atoms with Crippen LogP contribution in [0.3, 0.4) is 0 Å². The van der Waals surface area contributed by atoms with E-state index in [2.05, 4.69) is 24.8 Å². The fourth-order valence-corrected chi connectivity index (χ4v) is 5.21. The molecule has 1 saturated heterocycles. The number of hydrogen-bond acceptors (Lipinski definition) is 11. The molecule has 1 fully saturated rings. The van der Waals surface area contributed by atoms with Gasteiger partial charge in [0.05, 0.1) is 6.04 Å². The van der Waals surface area contributed by atoms with E-state index in [-0.39, 0.29) is 21.8 Å². The van der Waals surface area contributed by atoms with Crippen LogP contribution in [0.2, 0.25) is 5.15 Å². The number of nitrogens with two attached hydrogens (primary N) is 1. The number of fused-ring (bicyclic) bond motifs is 1. The standard InChI is InChI=1S/C17H14ClN7O5S2/c18-9-5-6(3-4-20-9)31-8-2-1-7-10(15(27)25(7)12(8)16(28)29)21-14(26)11(23-30)13-22-17(19)32-24-13/h3-5,7,10,30H,1-2H2,(H,21,26)(H,28,29)(H2,19,22,24)/b23-11-/t7?,10-/m0/s1. The Hall–Kier alpha value is -3.23. The molecule has 0 spiro atoms. The lowest BCUT2D eigenvalue weighted by Gasteiger charge is -2.50. The van der Waals surface area contributed by atoms with E-state index in [0.29, 0.717) is 22.6 Å². The van der Waals surface area contributed by atoms with E-state index >= 15 is 0 Å². The van der Waals surface area contributed by atoms with Crippen LogP contribution in [0.5, 0.6) is 0 Å². The number of anilines is 1. The molecule has 2 atom stereocenters. The number of nitrogen functional groups attached to an aromatic ring is 1. The molecule has 1 unspecified atom stereocenters. The maximum Gasteiger partial charge on any atom is 0.353 e. The van der Waals surface area contributed by atoms with Crippen molar-refractivity contribution >= 4 is 63.5 Å². The number of carbonyl (C=O) groups is 3. The molecule has 4 rings (SSSR count). The molecule has 2 aliphatic heterocycles. The monoisotopic (exact) mass is 495 g/mol. The number of carboxylic acids is 1. The molecule has 0 radical (unpaired) electrons. The first kappa shape index (κ1) is 22.0. The molecule has 0 aromatic carbocycles. The number of carbonyl (C=O) groups excluding carboxylic acids is 2. The predicted molar refractivity (Wildman–Crippen MR) is 114 cm³/mol. The summed E-state index contributed by atoms with van der Waals surface area (Å²) < 4.78 is 3.81. The van der Waals surface area contributed by atoms with Crippen LogP contribution in [0.1, 0.15) is 18.7 Å². The number of hydrogen-bond donors (Lipinski definition) is 4. The van der Waals surface area contributed by atoms with Gasteiger partial charge in [0.2, 0.25) is 11.5 Å². The number of carboxylic acid groups (broad SMARTS) is 1. The summed E-state index contributed by atoms with van der Waals surface area (Å²) in [6.45, 7) is 0. The van der Waals surface area contributed by atoms with Gasteiger partial charge >= 0.3 is 5.97 Å². The van der Waals surface area contributed by atoms with Gasteiger partial charge in [0, 0.05) is 27.5 Å². The second-order valence-corrected chi connectivity index (χ2v) is 9.00. The highest BCUT2D eigenvalue weighted by atomic mass is 35.5. The number of β-lactam (4-membered cyclic amide) rings is 1. The van der Waals surface area contributed by atoms with Gasteiger partial charge < -0.3 is 21.4 Å². The Morgan fingerprint density at radius 2 is 2.22 bits per heavy atom. The number of nitrogens with one attached hydrogen (secondary N) is 1. The number of oxime groups is 1. The number of amides is 2. The van der Waals surface area contributed by atoms with Crippen LogP contribution >= 0.6 is 34.9 Å². The van der Waals surface area contributed by atoms with Gasteiger partial charge in [0.25, 0.3) is 11.8 Å². The molecular formula is C17H14ClN7O5S2. The lowest BCUT2D eigenvalue weighted by atomic mass is 9.86. The average molecular weight is 496 g/mol. The van der Waals surface area contributed by atoms with Crippen LogP contribution in [-0.4, -0.2) is 65.1 Å². The SMILES string of the molecule is Nc1nc(/C(=N/O)C(=O)N[C@@H]2C(=O)N3C(C(=O)O)=C(Sc4ccnc(Cl)c4)CCC23)ns1. The van der Waals surface area contributed by atoms with Gasteiger partial charge in [0.15, 0.2) is 5.13 Å². The Labute approximate surface area is 193 Å². The third-order valence-electron chi connectivity index (χ3n) is 4.79. The summed E-state index contributed by atoms with van der Waals surface area (Å²) in [5, 5.41) is 24.7. The van der Waals surface area contributed by atoms with E-state index in [0.717, 1.165) is 16.4 Å². The van der Waals surface area contributed by atoms with Gasteiger partial charge in [-0.2, -0.15) is 9.36 Å². The molecule has 5 N–H and O–H groups in total. The van der Waals surface area contributed by atoms with E-state index in [4.69, 9.17) is 17.3 Å². The summed E-state index contributed by atoms with van der Waals surface area (Å²) in [5.41, 5.74) is 4.84. The molecule has 0 saturated carbocycles. The van der Waals surface area contributed by atoms with Crippen molar-refractivity contribution in [1.29, 1.82) is 0 Å². The summed E-state index contributed by atoms with van der Waals surface area (Å²) in [6.07, 6.45) is 2.29. The summed E-state index contributed by atoms with van der Waals surface area (Å²) in [5.74, 6) is -2.90. The number of pyridine rings is 1. The first-order valence-corrected chi connectivity index (χ1v) is 11.0. The topological polar surface area (TPSA) is 184 Å². The van der Waals surface area contributed by atoms with E-state index < -0.39 is 35.6 Å². The number of allylic oxidation sites excluding steroid dienone is 1. The number of halogens is 1. The minimum absolute atomic E-state index is 0.0730. The Balaban J connectivity index is 1.53. The van der Waals surface area contributed by atoms with Crippen molar-refractivity contribution in [3.63, 3.8) is 0 Å². The molecule has 32 heavy (non-hydrogen) atoms. The van der Waals surface area contributed by atoms with Crippen LogP contribution in [-0.2, 0) is 14.4 Å². The first-order chi connectivity index (χ1) is 15.3. The number of nitrogens with zero attached hydrogens (tertiary/aromatic N) is 5. The maximum atomic E-state index is 12.8. The van der Waals surface area contributed by atoms with Gasteiger partial charge in [-0.15, -0.1) is 0 Å². The molecule has 2 aliphatic rings. The van der Waals surface area contributed by atoms with Gasteiger partial charge in [-0.25, -0.2) is 9.78 Å². The fraction of sp³-hybridized carbons (Fsp3) is 0.235. The molecule has 0 bridgehead atoms. The van der Waals surface area contributed by atoms with Crippen molar-refractivity contribution < 1.29 is 24.7 Å². The third-order valence-corrected chi connectivity index (χ3v) is 6.67. The summed E-state index contributed by atoms with van der Waals surface area (Å²) in [7, 11) is 0. The molecule has 15 heteroatoms. The van der Waals surface area contributed by atoms with Crippen LogP contribution in [0.25, 0.3) is 0 Å². The van der Waals surface area contributed by atoms with Gasteiger partial charge in [0.1, 0.15) is 16.9 Å². The number of aromatic nitrogens is 3. The number of rotatable bonds is 6. The van der Waals surface area contributed by atoms with E-state index in [1.807, 2.05) is 0 Å². The molecule has 166 valence electrons. The van der Waals surface area contributed by atoms with E-state index in [1.165, 1.54) is 18.0 Å². The summed E-state index contributed by atoms with van der Waals surface area (Å²) >= 11 is 7.90. The molecular weight excluding hydrogens is 482 g/mol. The average Bonchev–Trinajstić information content (AvgIpc) is 3.17. The highest BCUT2D eigenvalue weighted by Gasteiger charge is 2.53. The molecule has 4 heterocycles. The van der Waals surface area contributed by atoms with Crippen LogP contribution in [0.4, 0.5) is 5.13 Å². The largest absolute Gasteiger partial charge is 0.477 e. The molecule has 2 aromatic rings. The Kier molecular flexibility index (Phi) is 5.99. The molecule has 12 nitrogen and oxygen atoms in total. The highest BCUT2D eigenvalue weighted by molar-refractivity contribution is 8.03. The summed E-state index contributed by atoms with van der Waals surface area (Å²) in [6, 6.07) is 1.74. The van der Waals surface area contributed by atoms with Crippen LogP contribution in [0, 0.1) is 0 Å². The fourth-order valence-electron chi connectivity index (χ4n) is 3.45. The normalized spacial score (nSPS) is 20.6. The quantitative estimate of drug-likeness (QED) is 0.148. The number of thioether (sulfide) groups is 1. The first-order valence-electron chi connectivity index (χ1n) is 9.01. The van der Waals surface area contributed by atoms with Crippen molar-refractivity contribution in [3.8, 4) is 0 Å².